The quantitative estimate of drug-likeness (QED) is 0.756. The van der Waals surface area contributed by atoms with Crippen molar-refractivity contribution in [3.05, 3.63) is 17.7 Å². The molecule has 1 aromatic rings. The van der Waals surface area contributed by atoms with Gasteiger partial charge in [0.2, 0.25) is 18.6 Å². The number of hydrogen-bond donors (Lipinski definition) is 1. The maximum Gasteiger partial charge on any atom is 0.231 e. The lowest BCUT2D eigenvalue weighted by atomic mass is 9.92. The van der Waals surface area contributed by atoms with Crippen molar-refractivity contribution >= 4 is 23.3 Å². The molecule has 3 rings (SSSR count). The van der Waals surface area contributed by atoms with E-state index in [1.54, 1.807) is 12.1 Å². The van der Waals surface area contributed by atoms with Gasteiger partial charge in [0.05, 0.1) is 5.69 Å². The lowest BCUT2D eigenvalue weighted by molar-refractivity contribution is -0.133. The molecule has 2 heterocycles. The van der Waals surface area contributed by atoms with Crippen LogP contribution < -0.4 is 14.8 Å². The Morgan fingerprint density at radius 1 is 1.14 bits per heavy atom. The van der Waals surface area contributed by atoms with Crippen molar-refractivity contribution in [2.45, 2.75) is 46.5 Å². The molecule has 1 N–H and O–H groups in total. The number of piperidine rings is 1. The minimum absolute atomic E-state index is 0.109. The third-order valence-electron chi connectivity index (χ3n) is 5.19. The number of nitrogens with zero attached hydrogens (tertiary/aromatic N) is 1. The second-order valence-electron chi connectivity index (χ2n) is 7.98. The number of likely N-dealkylation sites (tertiary alicyclic amines) is 1. The lowest BCUT2D eigenvalue weighted by Gasteiger charge is -2.32. The highest BCUT2D eigenvalue weighted by atomic mass is 16.7. The third-order valence-corrected chi connectivity index (χ3v) is 5.19. The zero-order valence-corrected chi connectivity index (χ0v) is 16.7. The molecule has 0 atom stereocenters. The molecule has 28 heavy (non-hydrogen) atoms. The largest absolute Gasteiger partial charge is 0.454 e. The van der Waals surface area contributed by atoms with Gasteiger partial charge in [-0.05, 0) is 37.7 Å². The Morgan fingerprint density at radius 3 is 2.39 bits per heavy atom. The van der Waals surface area contributed by atoms with Crippen molar-refractivity contribution in [3.63, 3.8) is 0 Å². The molecule has 2 aliphatic heterocycles. The molecule has 1 fully saturated rings. The Balaban J connectivity index is 1.56. The number of hydrogen-bond acceptors (Lipinski definition) is 5. The maximum absolute atomic E-state index is 12.5. The predicted octanol–water partition coefficient (Wildman–Crippen LogP) is 3.23. The lowest BCUT2D eigenvalue weighted by Crippen LogP contribution is -2.39. The summed E-state index contributed by atoms with van der Waals surface area (Å²) in [5, 5.41) is 2.85. The molecule has 0 radical (unpaired) electrons. The number of anilines is 1. The second-order valence-corrected chi connectivity index (χ2v) is 7.98. The summed E-state index contributed by atoms with van der Waals surface area (Å²) in [5.74, 6) is 1.55. The molecule has 1 saturated heterocycles. The van der Waals surface area contributed by atoms with Gasteiger partial charge in [-0.1, -0.05) is 13.8 Å². The van der Waals surface area contributed by atoms with Gasteiger partial charge < -0.3 is 19.7 Å². The number of nitrogens with one attached hydrogen (secondary N) is 1. The van der Waals surface area contributed by atoms with E-state index in [0.29, 0.717) is 54.6 Å². The first-order chi connectivity index (χ1) is 13.3. The maximum atomic E-state index is 12.5. The molecule has 2 amide bonds. The minimum Gasteiger partial charge on any atom is -0.454 e. The molecule has 0 spiro atoms. The molecule has 0 bridgehead atoms. The second kappa shape index (κ2) is 8.63. The summed E-state index contributed by atoms with van der Waals surface area (Å²) in [6, 6.07) is 3.25. The molecule has 2 aliphatic rings. The van der Waals surface area contributed by atoms with Crippen LogP contribution in [0.25, 0.3) is 0 Å². The third kappa shape index (κ3) is 4.82. The van der Waals surface area contributed by atoms with Crippen molar-refractivity contribution in [3.8, 4) is 11.5 Å². The van der Waals surface area contributed by atoms with E-state index in [9.17, 15) is 14.4 Å². The molecule has 7 nitrogen and oxygen atoms in total. The Labute approximate surface area is 165 Å². The van der Waals surface area contributed by atoms with Crippen LogP contribution in [0.15, 0.2) is 12.1 Å². The topological polar surface area (TPSA) is 84.9 Å². The normalized spacial score (nSPS) is 16.4. The summed E-state index contributed by atoms with van der Waals surface area (Å²) in [7, 11) is 0. The van der Waals surface area contributed by atoms with Crippen molar-refractivity contribution < 1.29 is 23.9 Å². The summed E-state index contributed by atoms with van der Waals surface area (Å²) in [4.78, 5) is 38.5. The Bertz CT molecular complexity index is 766. The van der Waals surface area contributed by atoms with Crippen LogP contribution in [0.4, 0.5) is 5.69 Å². The van der Waals surface area contributed by atoms with Crippen LogP contribution >= 0.6 is 0 Å². The van der Waals surface area contributed by atoms with Crippen LogP contribution in [0.2, 0.25) is 0 Å². The van der Waals surface area contributed by atoms with Gasteiger partial charge in [-0.25, -0.2) is 0 Å². The van der Waals surface area contributed by atoms with Crippen LogP contribution in [-0.2, 0) is 9.59 Å². The standard InChI is InChI=1S/C21H28N2O5/c1-13(2)8-21(26)23-6-4-15(5-7-23)9-20(25)22-17-11-19-18(27-12-28-19)10-16(17)14(3)24/h10-11,13,15H,4-9,12H2,1-3H3,(H,22,25). The number of ketones is 1. The smallest absolute Gasteiger partial charge is 0.231 e. The van der Waals surface area contributed by atoms with Gasteiger partial charge in [-0.3, -0.25) is 14.4 Å². The number of Topliss-reactive ketones (excluding diaryl/α,β-unsaturated/α-hetero) is 1. The van der Waals surface area contributed by atoms with Gasteiger partial charge in [0.1, 0.15) is 0 Å². The van der Waals surface area contributed by atoms with E-state index in [2.05, 4.69) is 5.32 Å². The van der Waals surface area contributed by atoms with Gasteiger partial charge in [-0.15, -0.1) is 0 Å². The molecule has 0 unspecified atom stereocenters. The fourth-order valence-electron chi connectivity index (χ4n) is 3.66. The highest BCUT2D eigenvalue weighted by molar-refractivity contribution is 6.04. The van der Waals surface area contributed by atoms with Crippen LogP contribution in [0, 0.1) is 11.8 Å². The Morgan fingerprint density at radius 2 is 1.79 bits per heavy atom. The number of amides is 2. The van der Waals surface area contributed by atoms with E-state index in [0.717, 1.165) is 12.8 Å². The van der Waals surface area contributed by atoms with E-state index < -0.39 is 0 Å². The number of rotatable bonds is 6. The van der Waals surface area contributed by atoms with Gasteiger partial charge in [0.15, 0.2) is 17.3 Å². The van der Waals surface area contributed by atoms with E-state index in [1.165, 1.54) is 6.92 Å². The fraction of sp³-hybridized carbons (Fsp3) is 0.571. The summed E-state index contributed by atoms with van der Waals surface area (Å²) < 4.78 is 10.6. The highest BCUT2D eigenvalue weighted by Crippen LogP contribution is 2.37. The number of carbonyl (C=O) groups is 3. The van der Waals surface area contributed by atoms with Gasteiger partial charge in [0, 0.05) is 37.6 Å². The monoisotopic (exact) mass is 388 g/mol. The van der Waals surface area contributed by atoms with Crippen molar-refractivity contribution in [1.82, 2.24) is 4.90 Å². The Kier molecular flexibility index (Phi) is 6.21. The number of carbonyl (C=O) groups excluding carboxylic acids is 3. The van der Waals surface area contributed by atoms with Gasteiger partial charge in [-0.2, -0.15) is 0 Å². The van der Waals surface area contributed by atoms with Crippen molar-refractivity contribution in [2.75, 3.05) is 25.2 Å². The van der Waals surface area contributed by atoms with Crippen LogP contribution in [0.5, 0.6) is 11.5 Å². The first-order valence-corrected chi connectivity index (χ1v) is 9.85. The van der Waals surface area contributed by atoms with Gasteiger partial charge >= 0.3 is 0 Å². The molecule has 1 aromatic carbocycles. The van der Waals surface area contributed by atoms with E-state index in [4.69, 9.17) is 9.47 Å². The Hall–Kier alpha value is -2.57. The summed E-state index contributed by atoms with van der Waals surface area (Å²) in [6.07, 6.45) is 2.58. The molecular weight excluding hydrogens is 360 g/mol. The van der Waals surface area contributed by atoms with Crippen LogP contribution in [-0.4, -0.2) is 42.4 Å². The summed E-state index contributed by atoms with van der Waals surface area (Å²) in [5.41, 5.74) is 0.859. The molecule has 152 valence electrons. The average molecular weight is 388 g/mol. The fourth-order valence-corrected chi connectivity index (χ4v) is 3.66. The zero-order valence-electron chi connectivity index (χ0n) is 16.7. The molecular formula is C21H28N2O5. The average Bonchev–Trinajstić information content (AvgIpc) is 3.08. The molecule has 0 aromatic heterocycles. The molecule has 0 saturated carbocycles. The first-order valence-electron chi connectivity index (χ1n) is 9.85. The molecule has 7 heteroatoms. The first kappa shape index (κ1) is 20.2. The SMILES string of the molecule is CC(=O)c1cc2c(cc1NC(=O)CC1CCN(C(=O)CC(C)C)CC1)OCO2. The zero-order chi connectivity index (χ0) is 20.3. The molecule has 0 aliphatic carbocycles. The van der Waals surface area contributed by atoms with E-state index in [1.807, 2.05) is 18.7 Å². The van der Waals surface area contributed by atoms with Crippen molar-refractivity contribution in [2.24, 2.45) is 11.8 Å². The predicted molar refractivity (Wildman–Crippen MR) is 105 cm³/mol. The number of fused-ring (bicyclic) bond motifs is 1. The highest BCUT2D eigenvalue weighted by Gasteiger charge is 2.26. The van der Waals surface area contributed by atoms with Crippen LogP contribution in [0.1, 0.15) is 56.8 Å². The summed E-state index contributed by atoms with van der Waals surface area (Å²) in [6.45, 7) is 7.05. The number of benzene rings is 1. The number of ether oxygens (including phenoxy) is 2. The summed E-state index contributed by atoms with van der Waals surface area (Å²) >= 11 is 0. The minimum atomic E-state index is -0.148. The van der Waals surface area contributed by atoms with E-state index >= 15 is 0 Å². The van der Waals surface area contributed by atoms with Crippen LogP contribution in [0.3, 0.4) is 0 Å². The van der Waals surface area contributed by atoms with Gasteiger partial charge in [0.25, 0.3) is 0 Å². The van der Waals surface area contributed by atoms with Crippen molar-refractivity contribution in [1.29, 1.82) is 0 Å². The van der Waals surface area contributed by atoms with E-state index in [-0.39, 0.29) is 30.3 Å².